The highest BCUT2D eigenvalue weighted by Gasteiger charge is 2.11. The van der Waals surface area contributed by atoms with Crippen molar-refractivity contribution < 1.29 is 9.90 Å². The molecule has 0 aliphatic rings. The predicted molar refractivity (Wildman–Crippen MR) is 81.3 cm³/mol. The number of aromatic carboxylic acids is 1. The van der Waals surface area contributed by atoms with Crippen LogP contribution in [-0.4, -0.2) is 22.6 Å². The predicted octanol–water partition coefficient (Wildman–Crippen LogP) is 3.78. The molecule has 0 saturated carbocycles. The Morgan fingerprint density at radius 2 is 2.00 bits per heavy atom. The van der Waals surface area contributed by atoms with E-state index in [1.54, 1.807) is 6.07 Å². The molecule has 0 saturated heterocycles. The van der Waals surface area contributed by atoms with Gasteiger partial charge in [0.05, 0.1) is 5.52 Å². The zero-order chi connectivity index (χ0) is 14.5. The third-order valence-corrected chi connectivity index (χ3v) is 3.67. The third-order valence-electron chi connectivity index (χ3n) is 3.67. The molecule has 2 rings (SSSR count). The minimum absolute atomic E-state index is 0.0794. The maximum absolute atomic E-state index is 11.2. The first-order valence-electron chi connectivity index (χ1n) is 7.02. The van der Waals surface area contributed by atoms with Crippen molar-refractivity contribution in [3.8, 4) is 0 Å². The van der Waals surface area contributed by atoms with Gasteiger partial charge in [0.1, 0.15) is 0 Å². The Balaban J connectivity index is 2.37. The van der Waals surface area contributed by atoms with Crippen LogP contribution >= 0.6 is 0 Å². The number of carboxylic acids is 1. The van der Waals surface area contributed by atoms with Gasteiger partial charge in [-0.2, -0.15) is 0 Å². The average Bonchev–Trinajstić information content (AvgIpc) is 2.47. The van der Waals surface area contributed by atoms with Crippen molar-refractivity contribution in [2.24, 2.45) is 5.92 Å². The number of nitrogens with one attached hydrogen (secondary N) is 1. The fraction of sp³-hybridized carbons (Fsp3) is 0.375. The first-order chi connectivity index (χ1) is 9.65. The van der Waals surface area contributed by atoms with E-state index in [4.69, 9.17) is 5.11 Å². The molecule has 0 aliphatic carbocycles. The highest BCUT2D eigenvalue weighted by atomic mass is 16.4. The van der Waals surface area contributed by atoms with Gasteiger partial charge in [0.25, 0.3) is 0 Å². The highest BCUT2D eigenvalue weighted by molar-refractivity contribution is 5.97. The minimum Gasteiger partial charge on any atom is -0.477 e. The second-order valence-electron chi connectivity index (χ2n) is 4.94. The Morgan fingerprint density at radius 1 is 1.30 bits per heavy atom. The van der Waals surface area contributed by atoms with E-state index in [-0.39, 0.29) is 5.69 Å². The Hall–Kier alpha value is -2.10. The van der Waals surface area contributed by atoms with Crippen LogP contribution < -0.4 is 5.32 Å². The summed E-state index contributed by atoms with van der Waals surface area (Å²) in [5.41, 5.74) is 1.63. The first-order valence-corrected chi connectivity index (χ1v) is 7.02. The van der Waals surface area contributed by atoms with E-state index in [0.29, 0.717) is 11.4 Å². The van der Waals surface area contributed by atoms with Gasteiger partial charge in [0.15, 0.2) is 5.69 Å². The van der Waals surface area contributed by atoms with Gasteiger partial charge >= 0.3 is 5.97 Å². The number of pyridine rings is 1. The summed E-state index contributed by atoms with van der Waals surface area (Å²) in [6.45, 7) is 5.19. The van der Waals surface area contributed by atoms with Gasteiger partial charge < -0.3 is 10.4 Å². The third kappa shape index (κ3) is 3.07. The van der Waals surface area contributed by atoms with E-state index in [0.717, 1.165) is 30.5 Å². The van der Waals surface area contributed by atoms with Crippen molar-refractivity contribution in [3.05, 3.63) is 36.0 Å². The van der Waals surface area contributed by atoms with Crippen LogP contribution in [0.1, 0.15) is 37.2 Å². The van der Waals surface area contributed by atoms with Crippen molar-refractivity contribution >= 4 is 22.6 Å². The Bertz CT molecular complexity index is 606. The van der Waals surface area contributed by atoms with E-state index in [2.05, 4.69) is 24.1 Å². The lowest BCUT2D eigenvalue weighted by atomic mass is 10.0. The van der Waals surface area contributed by atoms with Crippen LogP contribution in [0.4, 0.5) is 5.69 Å². The molecule has 1 heterocycles. The van der Waals surface area contributed by atoms with Crippen molar-refractivity contribution in [3.63, 3.8) is 0 Å². The number of fused-ring (bicyclic) bond motifs is 1. The summed E-state index contributed by atoms with van der Waals surface area (Å²) >= 11 is 0. The molecule has 0 aliphatic heterocycles. The SMILES string of the molecule is CCC(CC)CNc1cc(C(=O)O)nc2ccccc12. The van der Waals surface area contributed by atoms with E-state index in [1.165, 1.54) is 0 Å². The van der Waals surface area contributed by atoms with Gasteiger partial charge in [-0.15, -0.1) is 0 Å². The fourth-order valence-electron chi connectivity index (χ4n) is 2.26. The van der Waals surface area contributed by atoms with E-state index in [9.17, 15) is 4.79 Å². The Kier molecular flexibility index (Phi) is 4.56. The number of benzene rings is 1. The van der Waals surface area contributed by atoms with Gasteiger partial charge in [-0.3, -0.25) is 0 Å². The van der Waals surface area contributed by atoms with Gasteiger partial charge in [0, 0.05) is 17.6 Å². The summed E-state index contributed by atoms with van der Waals surface area (Å²) in [7, 11) is 0. The number of anilines is 1. The van der Waals surface area contributed by atoms with E-state index >= 15 is 0 Å². The molecule has 2 N–H and O–H groups in total. The minimum atomic E-state index is -0.999. The summed E-state index contributed by atoms with van der Waals surface area (Å²) < 4.78 is 0. The van der Waals surface area contributed by atoms with Crippen LogP contribution in [0.2, 0.25) is 0 Å². The molecule has 0 spiro atoms. The lowest BCUT2D eigenvalue weighted by Gasteiger charge is -2.16. The van der Waals surface area contributed by atoms with E-state index in [1.807, 2.05) is 24.3 Å². The number of para-hydroxylation sites is 1. The maximum Gasteiger partial charge on any atom is 0.354 e. The number of carbonyl (C=O) groups is 1. The molecule has 0 amide bonds. The number of nitrogens with zero attached hydrogens (tertiary/aromatic N) is 1. The Morgan fingerprint density at radius 3 is 2.65 bits per heavy atom. The summed E-state index contributed by atoms with van der Waals surface area (Å²) in [5, 5.41) is 13.5. The lowest BCUT2D eigenvalue weighted by molar-refractivity contribution is 0.0691. The normalized spacial score (nSPS) is 10.9. The topological polar surface area (TPSA) is 62.2 Å². The van der Waals surface area contributed by atoms with Crippen molar-refractivity contribution in [1.82, 2.24) is 4.98 Å². The van der Waals surface area contributed by atoms with Crippen LogP contribution in [-0.2, 0) is 0 Å². The largest absolute Gasteiger partial charge is 0.477 e. The molecule has 0 radical (unpaired) electrons. The standard InChI is InChI=1S/C16H20N2O2/c1-3-11(4-2)10-17-14-9-15(16(19)20)18-13-8-6-5-7-12(13)14/h5-9,11H,3-4,10H2,1-2H3,(H,17,18)(H,19,20). The van der Waals surface area contributed by atoms with Gasteiger partial charge in [-0.05, 0) is 18.1 Å². The molecule has 4 nitrogen and oxygen atoms in total. The molecular weight excluding hydrogens is 252 g/mol. The monoisotopic (exact) mass is 272 g/mol. The van der Waals surface area contributed by atoms with Crippen LogP contribution in [0, 0.1) is 5.92 Å². The quantitative estimate of drug-likeness (QED) is 0.840. The maximum atomic E-state index is 11.2. The summed E-state index contributed by atoms with van der Waals surface area (Å²) in [5.74, 6) is -0.406. The molecule has 106 valence electrons. The van der Waals surface area contributed by atoms with Crippen LogP contribution in [0.25, 0.3) is 10.9 Å². The van der Waals surface area contributed by atoms with Gasteiger partial charge in [-0.1, -0.05) is 44.9 Å². The molecule has 0 bridgehead atoms. The second kappa shape index (κ2) is 6.37. The van der Waals surface area contributed by atoms with Crippen LogP contribution in [0.15, 0.2) is 30.3 Å². The zero-order valence-corrected chi connectivity index (χ0v) is 11.9. The number of hydrogen-bond donors (Lipinski definition) is 2. The van der Waals surface area contributed by atoms with Crippen molar-refractivity contribution in [2.45, 2.75) is 26.7 Å². The Labute approximate surface area is 118 Å². The zero-order valence-electron chi connectivity index (χ0n) is 11.9. The van der Waals surface area contributed by atoms with Gasteiger partial charge in [-0.25, -0.2) is 9.78 Å². The number of aromatic nitrogens is 1. The molecule has 0 unspecified atom stereocenters. The average molecular weight is 272 g/mol. The molecule has 1 aromatic carbocycles. The van der Waals surface area contributed by atoms with Crippen LogP contribution in [0.3, 0.4) is 0 Å². The summed E-state index contributed by atoms with van der Waals surface area (Å²) in [4.78, 5) is 15.3. The molecule has 2 aromatic rings. The first kappa shape index (κ1) is 14.3. The van der Waals surface area contributed by atoms with Crippen LogP contribution in [0.5, 0.6) is 0 Å². The second-order valence-corrected chi connectivity index (χ2v) is 4.94. The molecule has 20 heavy (non-hydrogen) atoms. The summed E-state index contributed by atoms with van der Waals surface area (Å²) in [6, 6.07) is 9.22. The molecule has 0 fully saturated rings. The number of hydrogen-bond acceptors (Lipinski definition) is 3. The summed E-state index contributed by atoms with van der Waals surface area (Å²) in [6.07, 6.45) is 2.22. The van der Waals surface area contributed by atoms with E-state index < -0.39 is 5.97 Å². The van der Waals surface area contributed by atoms with Crippen molar-refractivity contribution in [1.29, 1.82) is 0 Å². The molecular formula is C16H20N2O2. The van der Waals surface area contributed by atoms with Gasteiger partial charge in [0.2, 0.25) is 0 Å². The lowest BCUT2D eigenvalue weighted by Crippen LogP contribution is -2.13. The smallest absolute Gasteiger partial charge is 0.354 e. The molecule has 1 aromatic heterocycles. The molecule has 4 heteroatoms. The van der Waals surface area contributed by atoms with Crippen molar-refractivity contribution in [2.75, 3.05) is 11.9 Å². The molecule has 0 atom stereocenters. The fourth-order valence-corrected chi connectivity index (χ4v) is 2.26. The number of rotatable bonds is 6. The highest BCUT2D eigenvalue weighted by Crippen LogP contribution is 2.24. The number of carboxylic acid groups (broad SMARTS) is 1.